The second-order valence-electron chi connectivity index (χ2n) is 5.41. The van der Waals surface area contributed by atoms with Crippen LogP contribution in [0.5, 0.6) is 0 Å². The van der Waals surface area contributed by atoms with Crippen molar-refractivity contribution in [3.05, 3.63) is 23.0 Å². The third kappa shape index (κ3) is 3.60. The van der Waals surface area contributed by atoms with E-state index >= 15 is 0 Å². The van der Waals surface area contributed by atoms with Crippen molar-refractivity contribution in [2.45, 2.75) is 42.0 Å². The highest BCUT2D eigenvalue weighted by atomic mass is 19.4. The number of aromatic nitrogens is 2. The Balaban J connectivity index is 4.45. The van der Waals surface area contributed by atoms with Crippen LogP contribution in [0.4, 0.5) is 79.0 Å². The lowest BCUT2D eigenvalue weighted by atomic mass is 9.80. The van der Waals surface area contributed by atoms with E-state index in [1.807, 2.05) is 0 Å². The summed E-state index contributed by atoms with van der Waals surface area (Å²) in [4.78, 5) is 0. The molecule has 0 radical (unpaired) electrons. The Kier molecular flexibility index (Phi) is 5.98. The minimum absolute atomic E-state index is 1.36. The first kappa shape index (κ1) is 26.9. The summed E-state index contributed by atoms with van der Waals surface area (Å²) in [5.74, 6) is -16.0. The van der Waals surface area contributed by atoms with Gasteiger partial charge in [0.1, 0.15) is 0 Å². The standard InChI is InChI=1S/C11F18N2/c12-3-1(5(14,8(18,19)20)7(16,17)11(27,28)29)2(4(13)31-30-3)6(15,9(21,22)23)10(24,25)26. The van der Waals surface area contributed by atoms with Crippen molar-refractivity contribution in [1.82, 2.24) is 10.2 Å². The van der Waals surface area contributed by atoms with Gasteiger partial charge in [-0.05, 0) is 0 Å². The Morgan fingerprint density at radius 2 is 0.645 bits per heavy atom. The molecule has 0 aliphatic carbocycles. The zero-order valence-electron chi connectivity index (χ0n) is 13.2. The Bertz CT molecular complexity index is 815. The molecule has 0 N–H and O–H groups in total. The molecule has 0 saturated heterocycles. The number of alkyl halides is 16. The van der Waals surface area contributed by atoms with Crippen molar-refractivity contribution in [3.63, 3.8) is 0 Å². The summed E-state index contributed by atoms with van der Waals surface area (Å²) in [6.07, 6.45) is -31.1. The Morgan fingerprint density at radius 3 is 0.871 bits per heavy atom. The van der Waals surface area contributed by atoms with Gasteiger partial charge in [-0.1, -0.05) is 0 Å². The van der Waals surface area contributed by atoms with Gasteiger partial charge in [-0.15, -0.1) is 10.2 Å². The molecule has 1 atom stereocenters. The van der Waals surface area contributed by atoms with Gasteiger partial charge in [0.15, 0.2) is 0 Å². The monoisotopic (exact) mass is 502 g/mol. The molecule has 1 unspecified atom stereocenters. The van der Waals surface area contributed by atoms with E-state index in [1.54, 1.807) is 0 Å². The first-order chi connectivity index (χ1) is 13.3. The lowest BCUT2D eigenvalue weighted by Gasteiger charge is -2.39. The van der Waals surface area contributed by atoms with Gasteiger partial charge < -0.3 is 0 Å². The van der Waals surface area contributed by atoms with Crippen LogP contribution in [0.15, 0.2) is 0 Å². The highest BCUT2D eigenvalue weighted by molar-refractivity contribution is 5.41. The molecule has 0 amide bonds. The summed E-state index contributed by atoms with van der Waals surface area (Å²) in [5.41, 5.74) is -24.9. The van der Waals surface area contributed by atoms with Crippen molar-refractivity contribution < 1.29 is 79.0 Å². The van der Waals surface area contributed by atoms with Crippen LogP contribution < -0.4 is 0 Å². The van der Waals surface area contributed by atoms with Gasteiger partial charge in [-0.25, -0.2) is 8.78 Å². The molecule has 0 aliphatic heterocycles. The molecule has 2 nitrogen and oxygen atoms in total. The van der Waals surface area contributed by atoms with Gasteiger partial charge in [0.25, 0.3) is 0 Å². The molecule has 0 aromatic carbocycles. The first-order valence-electron chi connectivity index (χ1n) is 6.55. The quantitative estimate of drug-likeness (QED) is 0.477. The highest BCUT2D eigenvalue weighted by Gasteiger charge is 2.85. The van der Waals surface area contributed by atoms with Gasteiger partial charge in [0.2, 0.25) is 11.9 Å². The van der Waals surface area contributed by atoms with Crippen molar-refractivity contribution in [2.24, 2.45) is 0 Å². The molecule has 1 aromatic rings. The molecule has 20 heteroatoms. The van der Waals surface area contributed by atoms with Crippen LogP contribution in [0, 0.1) is 11.9 Å². The summed E-state index contributed by atoms with van der Waals surface area (Å²) in [5, 5.41) is 2.74. The van der Waals surface area contributed by atoms with Crippen LogP contribution in [0.2, 0.25) is 0 Å². The van der Waals surface area contributed by atoms with Gasteiger partial charge in [-0.3, -0.25) is 0 Å². The lowest BCUT2D eigenvalue weighted by molar-refractivity contribution is -0.392. The Hall–Kier alpha value is -2.18. The molecule has 31 heavy (non-hydrogen) atoms. The van der Waals surface area contributed by atoms with Crippen LogP contribution in [-0.4, -0.2) is 40.8 Å². The average Bonchev–Trinajstić information content (AvgIpc) is 2.50. The molecule has 0 aliphatic rings. The molecular weight excluding hydrogens is 502 g/mol. The smallest absolute Gasteiger partial charge is 0.221 e. The van der Waals surface area contributed by atoms with Gasteiger partial charge in [0.05, 0.1) is 11.1 Å². The molecule has 180 valence electrons. The van der Waals surface area contributed by atoms with Crippen LogP contribution in [0.3, 0.4) is 0 Å². The molecule has 0 fully saturated rings. The third-order valence-electron chi connectivity index (χ3n) is 3.54. The number of hydrogen-bond donors (Lipinski definition) is 0. The summed E-state index contributed by atoms with van der Waals surface area (Å²) >= 11 is 0. The zero-order valence-corrected chi connectivity index (χ0v) is 13.2. The van der Waals surface area contributed by atoms with Crippen LogP contribution in [0.1, 0.15) is 11.1 Å². The van der Waals surface area contributed by atoms with E-state index < -0.39 is 65.0 Å². The molecular formula is C11F18N2. The van der Waals surface area contributed by atoms with Gasteiger partial charge in [0, 0.05) is 0 Å². The predicted octanol–water partition coefficient (Wildman–Crippen LogP) is 5.97. The molecule has 1 aromatic heterocycles. The molecule has 1 rings (SSSR count). The normalized spacial score (nSPS) is 17.0. The number of hydrogen-bond acceptors (Lipinski definition) is 2. The fourth-order valence-corrected chi connectivity index (χ4v) is 2.14. The molecule has 1 heterocycles. The van der Waals surface area contributed by atoms with Gasteiger partial charge >= 0.3 is 42.0 Å². The van der Waals surface area contributed by atoms with Crippen molar-refractivity contribution in [1.29, 1.82) is 0 Å². The van der Waals surface area contributed by atoms with E-state index in [-0.39, 0.29) is 0 Å². The lowest BCUT2D eigenvalue weighted by Crippen LogP contribution is -2.62. The summed E-state index contributed by atoms with van der Waals surface area (Å²) in [6, 6.07) is 0. The molecule has 0 saturated carbocycles. The van der Waals surface area contributed by atoms with E-state index in [0.717, 1.165) is 0 Å². The molecule has 0 bridgehead atoms. The maximum atomic E-state index is 14.3. The van der Waals surface area contributed by atoms with Crippen molar-refractivity contribution in [2.75, 3.05) is 0 Å². The zero-order chi connectivity index (χ0) is 25.2. The number of halogens is 18. The van der Waals surface area contributed by atoms with E-state index in [0.29, 0.717) is 0 Å². The van der Waals surface area contributed by atoms with E-state index in [2.05, 4.69) is 0 Å². The highest BCUT2D eigenvalue weighted by Crippen LogP contribution is 2.63. The van der Waals surface area contributed by atoms with Crippen LogP contribution >= 0.6 is 0 Å². The average molecular weight is 502 g/mol. The largest absolute Gasteiger partial charge is 0.457 e. The van der Waals surface area contributed by atoms with Crippen LogP contribution in [0.25, 0.3) is 0 Å². The second kappa shape index (κ2) is 6.91. The number of rotatable bonds is 3. The maximum Gasteiger partial charge on any atom is 0.457 e. The Labute approximate surface area is 155 Å². The first-order valence-corrected chi connectivity index (χ1v) is 6.55. The summed E-state index contributed by atoms with van der Waals surface area (Å²) < 4.78 is 235. The fourth-order valence-electron chi connectivity index (χ4n) is 2.14. The Morgan fingerprint density at radius 1 is 0.387 bits per heavy atom. The van der Waals surface area contributed by atoms with Crippen molar-refractivity contribution >= 4 is 0 Å². The van der Waals surface area contributed by atoms with E-state index in [4.69, 9.17) is 0 Å². The van der Waals surface area contributed by atoms with Gasteiger partial charge in [-0.2, -0.15) is 70.2 Å². The summed E-state index contributed by atoms with van der Waals surface area (Å²) in [7, 11) is 0. The minimum atomic E-state index is -8.10. The second-order valence-corrected chi connectivity index (χ2v) is 5.41. The van der Waals surface area contributed by atoms with E-state index in [1.165, 1.54) is 10.2 Å². The van der Waals surface area contributed by atoms with E-state index in [9.17, 15) is 79.0 Å². The minimum Gasteiger partial charge on any atom is -0.221 e. The van der Waals surface area contributed by atoms with Crippen molar-refractivity contribution in [3.8, 4) is 0 Å². The third-order valence-corrected chi connectivity index (χ3v) is 3.54. The number of nitrogens with zero attached hydrogens (tertiary/aromatic N) is 2. The topological polar surface area (TPSA) is 25.8 Å². The predicted molar refractivity (Wildman–Crippen MR) is 56.7 cm³/mol. The molecule has 0 spiro atoms. The van der Waals surface area contributed by atoms with Crippen LogP contribution in [-0.2, 0) is 11.3 Å². The maximum absolute atomic E-state index is 14.3. The summed E-state index contributed by atoms with van der Waals surface area (Å²) in [6.45, 7) is 0. The SMILES string of the molecule is Fc1nnc(F)c(C(F)(C(F)(F)F)C(F)(F)C(F)(F)F)c1C(F)(C(F)(F)F)C(F)(F)F. The fraction of sp³-hybridized carbons (Fsp3) is 0.636.